The van der Waals surface area contributed by atoms with Crippen LogP contribution in [0.4, 0.5) is 0 Å². The van der Waals surface area contributed by atoms with Gasteiger partial charge in [-0.15, -0.1) is 0 Å². The van der Waals surface area contributed by atoms with Crippen molar-refractivity contribution in [1.29, 1.82) is 0 Å². The molecule has 0 atom stereocenters. The van der Waals surface area contributed by atoms with Crippen molar-refractivity contribution >= 4 is 23.6 Å². The first-order chi connectivity index (χ1) is 9.40. The molecular formula is C12H20N4O4. The third-order valence-electron chi connectivity index (χ3n) is 3.04. The summed E-state index contributed by atoms with van der Waals surface area (Å²) in [6.45, 7) is 1.53. The summed E-state index contributed by atoms with van der Waals surface area (Å²) in [6.07, 6.45) is 2.83. The molecule has 0 aromatic rings. The monoisotopic (exact) mass is 284 g/mol. The van der Waals surface area contributed by atoms with E-state index in [1.807, 2.05) is 0 Å². The Morgan fingerprint density at radius 1 is 0.850 bits per heavy atom. The Bertz CT molecular complexity index is 372. The topological polar surface area (TPSA) is 127 Å². The van der Waals surface area contributed by atoms with Crippen LogP contribution in [0.5, 0.6) is 0 Å². The molecule has 0 aliphatic carbocycles. The zero-order chi connectivity index (χ0) is 15.1. The molecule has 0 spiro atoms. The minimum atomic E-state index is -0.435. The second-order valence-electron chi connectivity index (χ2n) is 4.77. The largest absolute Gasteiger partial charge is 0.368 e. The maximum Gasteiger partial charge on any atom is 0.237 e. The minimum Gasteiger partial charge on any atom is -0.368 e. The van der Waals surface area contributed by atoms with Gasteiger partial charge in [-0.3, -0.25) is 19.2 Å². The van der Waals surface area contributed by atoms with E-state index in [1.165, 1.54) is 9.80 Å². The summed E-state index contributed by atoms with van der Waals surface area (Å²) in [5.74, 6) is -0.789. The molecule has 8 heteroatoms. The van der Waals surface area contributed by atoms with Crippen LogP contribution >= 0.6 is 0 Å². The van der Waals surface area contributed by atoms with Crippen molar-refractivity contribution in [2.45, 2.75) is 25.7 Å². The highest BCUT2D eigenvalue weighted by Gasteiger charge is 2.21. The minimum absolute atomic E-state index is 0.0406. The first-order valence-corrected chi connectivity index (χ1v) is 6.52. The van der Waals surface area contributed by atoms with Crippen LogP contribution in [0.25, 0.3) is 0 Å². The smallest absolute Gasteiger partial charge is 0.237 e. The Morgan fingerprint density at radius 2 is 1.20 bits per heavy atom. The normalized spacial score (nSPS) is 18.0. The Morgan fingerprint density at radius 3 is 1.40 bits per heavy atom. The van der Waals surface area contributed by atoms with E-state index in [1.54, 1.807) is 0 Å². The Kier molecular flexibility index (Phi) is 5.95. The van der Waals surface area contributed by atoms with Gasteiger partial charge in [0.15, 0.2) is 0 Å². The fourth-order valence-corrected chi connectivity index (χ4v) is 2.12. The molecule has 2 heterocycles. The van der Waals surface area contributed by atoms with E-state index in [2.05, 4.69) is 0 Å². The van der Waals surface area contributed by atoms with Crippen molar-refractivity contribution < 1.29 is 19.2 Å². The molecular weight excluding hydrogens is 264 g/mol. The molecule has 112 valence electrons. The van der Waals surface area contributed by atoms with E-state index in [4.69, 9.17) is 11.5 Å². The number of amides is 4. The lowest BCUT2D eigenvalue weighted by atomic mass is 10.4. The van der Waals surface area contributed by atoms with Crippen LogP contribution in [0, 0.1) is 0 Å². The molecule has 2 aliphatic rings. The van der Waals surface area contributed by atoms with E-state index < -0.39 is 11.8 Å². The number of carbonyl (C=O) groups excluding carboxylic acids is 4. The first-order valence-electron chi connectivity index (χ1n) is 6.52. The highest BCUT2D eigenvalue weighted by Crippen LogP contribution is 2.08. The molecule has 4 N–H and O–H groups in total. The molecule has 0 bridgehead atoms. The summed E-state index contributed by atoms with van der Waals surface area (Å²) in [4.78, 5) is 45.3. The van der Waals surface area contributed by atoms with Crippen molar-refractivity contribution in [3.8, 4) is 0 Å². The molecule has 2 aliphatic heterocycles. The zero-order valence-electron chi connectivity index (χ0n) is 11.3. The predicted molar refractivity (Wildman–Crippen MR) is 70.0 cm³/mol. The molecule has 0 aromatic heterocycles. The molecule has 4 amide bonds. The fraction of sp³-hybridized carbons (Fsp3) is 0.667. The van der Waals surface area contributed by atoms with E-state index in [-0.39, 0.29) is 24.9 Å². The van der Waals surface area contributed by atoms with Gasteiger partial charge in [-0.05, 0) is 12.8 Å². The first kappa shape index (κ1) is 15.9. The number of likely N-dealkylation sites (tertiary alicyclic amines) is 2. The van der Waals surface area contributed by atoms with Crippen molar-refractivity contribution in [2.24, 2.45) is 11.5 Å². The lowest BCUT2D eigenvalue weighted by molar-refractivity contribution is -0.132. The number of rotatable bonds is 4. The van der Waals surface area contributed by atoms with Gasteiger partial charge in [0.2, 0.25) is 23.6 Å². The average Bonchev–Trinajstić information content (AvgIpc) is 2.90. The summed E-state index contributed by atoms with van der Waals surface area (Å²) in [5.41, 5.74) is 9.80. The van der Waals surface area contributed by atoms with Gasteiger partial charge >= 0.3 is 0 Å². The van der Waals surface area contributed by atoms with Crippen LogP contribution in [0.3, 0.4) is 0 Å². The van der Waals surface area contributed by atoms with Crippen LogP contribution in [0.15, 0.2) is 0 Å². The van der Waals surface area contributed by atoms with Crippen molar-refractivity contribution in [3.05, 3.63) is 0 Å². The molecule has 2 saturated heterocycles. The maximum atomic E-state index is 10.8. The van der Waals surface area contributed by atoms with Gasteiger partial charge in [-0.2, -0.15) is 0 Å². The lowest BCUT2D eigenvalue weighted by Gasteiger charge is -2.11. The van der Waals surface area contributed by atoms with Crippen LogP contribution in [-0.4, -0.2) is 59.6 Å². The lowest BCUT2D eigenvalue weighted by Crippen LogP contribution is -2.34. The van der Waals surface area contributed by atoms with Gasteiger partial charge in [-0.1, -0.05) is 0 Å². The summed E-state index contributed by atoms with van der Waals surface area (Å²) in [7, 11) is 0. The number of hydrogen-bond acceptors (Lipinski definition) is 4. The molecule has 0 saturated carbocycles. The van der Waals surface area contributed by atoms with Crippen LogP contribution in [0.1, 0.15) is 25.7 Å². The number of primary amides is 2. The molecule has 2 rings (SSSR count). The molecule has 20 heavy (non-hydrogen) atoms. The molecule has 0 unspecified atom stereocenters. The average molecular weight is 284 g/mol. The Balaban J connectivity index is 0.000000200. The second-order valence-corrected chi connectivity index (χ2v) is 4.77. The van der Waals surface area contributed by atoms with Crippen LogP contribution in [-0.2, 0) is 19.2 Å². The Labute approximate surface area is 117 Å². The second kappa shape index (κ2) is 7.46. The highest BCUT2D eigenvalue weighted by molar-refractivity contribution is 5.85. The summed E-state index contributed by atoms with van der Waals surface area (Å²) < 4.78 is 0. The molecule has 8 nitrogen and oxygen atoms in total. The SMILES string of the molecule is NC(=O)CN1CCCC1=O.NC(=O)CN1CCCC1=O. The zero-order valence-corrected chi connectivity index (χ0v) is 11.3. The van der Waals surface area contributed by atoms with Gasteiger partial charge in [-0.25, -0.2) is 0 Å². The van der Waals surface area contributed by atoms with E-state index in [9.17, 15) is 19.2 Å². The van der Waals surface area contributed by atoms with E-state index in [0.29, 0.717) is 25.9 Å². The van der Waals surface area contributed by atoms with Crippen molar-refractivity contribution in [2.75, 3.05) is 26.2 Å². The third-order valence-corrected chi connectivity index (χ3v) is 3.04. The van der Waals surface area contributed by atoms with Gasteiger partial charge in [0.05, 0.1) is 13.1 Å². The number of nitrogens with two attached hydrogens (primary N) is 2. The quantitative estimate of drug-likeness (QED) is 0.630. The number of carbonyl (C=O) groups is 4. The van der Waals surface area contributed by atoms with Gasteiger partial charge < -0.3 is 21.3 Å². The van der Waals surface area contributed by atoms with E-state index >= 15 is 0 Å². The van der Waals surface area contributed by atoms with Gasteiger partial charge in [0.1, 0.15) is 0 Å². The van der Waals surface area contributed by atoms with Gasteiger partial charge in [0.25, 0.3) is 0 Å². The molecule has 0 aromatic carbocycles. The van der Waals surface area contributed by atoms with Crippen LogP contribution in [0.2, 0.25) is 0 Å². The maximum absolute atomic E-state index is 10.8. The standard InChI is InChI=1S/2C6H10N2O2/c2*7-5(9)4-8-3-1-2-6(8)10/h2*1-4H2,(H2,7,9). The fourth-order valence-electron chi connectivity index (χ4n) is 2.12. The number of hydrogen-bond donors (Lipinski definition) is 2. The predicted octanol–water partition coefficient (Wildman–Crippen LogP) is -1.81. The highest BCUT2D eigenvalue weighted by atomic mass is 16.2. The summed E-state index contributed by atoms with van der Waals surface area (Å²) in [5, 5.41) is 0. The van der Waals surface area contributed by atoms with Crippen molar-refractivity contribution in [3.63, 3.8) is 0 Å². The molecule has 0 radical (unpaired) electrons. The van der Waals surface area contributed by atoms with Gasteiger partial charge in [0, 0.05) is 25.9 Å². The molecule has 2 fully saturated rings. The number of nitrogens with zero attached hydrogens (tertiary/aromatic N) is 2. The summed E-state index contributed by atoms with van der Waals surface area (Å²) in [6, 6.07) is 0. The Hall–Kier alpha value is -2.12. The van der Waals surface area contributed by atoms with E-state index in [0.717, 1.165) is 12.8 Å². The third kappa shape index (κ3) is 5.25. The van der Waals surface area contributed by atoms with Crippen molar-refractivity contribution in [1.82, 2.24) is 9.80 Å². The van der Waals surface area contributed by atoms with Crippen LogP contribution < -0.4 is 11.5 Å². The summed E-state index contributed by atoms with van der Waals surface area (Å²) >= 11 is 0.